The van der Waals surface area contributed by atoms with E-state index in [1.54, 1.807) is 19.1 Å². The van der Waals surface area contributed by atoms with Gasteiger partial charge in [0.1, 0.15) is 12.5 Å². The summed E-state index contributed by atoms with van der Waals surface area (Å²) in [7, 11) is 0. The molecule has 0 unspecified atom stereocenters. The predicted octanol–water partition coefficient (Wildman–Crippen LogP) is 1.04. The fraction of sp³-hybridized carbons (Fsp3) is 0.471. The molecule has 1 aromatic carbocycles. The summed E-state index contributed by atoms with van der Waals surface area (Å²) >= 11 is 0. The van der Waals surface area contributed by atoms with Crippen molar-refractivity contribution in [1.82, 2.24) is 4.90 Å². The van der Waals surface area contributed by atoms with Gasteiger partial charge in [-0.15, -0.1) is 0 Å². The van der Waals surface area contributed by atoms with Gasteiger partial charge in [-0.25, -0.2) is 9.59 Å². The van der Waals surface area contributed by atoms with E-state index in [4.69, 9.17) is 14.2 Å². The van der Waals surface area contributed by atoms with E-state index in [2.05, 4.69) is 0 Å². The van der Waals surface area contributed by atoms with Crippen molar-refractivity contribution in [1.29, 1.82) is 0 Å². The monoisotopic (exact) mass is 349 g/mol. The van der Waals surface area contributed by atoms with Gasteiger partial charge in [-0.1, -0.05) is 30.3 Å². The van der Waals surface area contributed by atoms with Crippen LogP contribution in [-0.2, 0) is 30.4 Å². The van der Waals surface area contributed by atoms with Crippen LogP contribution in [0.5, 0.6) is 0 Å². The first-order chi connectivity index (χ1) is 12.0. The van der Waals surface area contributed by atoms with Crippen LogP contribution in [-0.4, -0.2) is 59.4 Å². The van der Waals surface area contributed by atoms with E-state index in [0.717, 1.165) is 10.5 Å². The maximum atomic E-state index is 12.5. The van der Waals surface area contributed by atoms with E-state index < -0.39 is 42.1 Å². The van der Waals surface area contributed by atoms with Gasteiger partial charge in [0.05, 0.1) is 25.4 Å². The molecule has 2 aliphatic rings. The first-order valence-corrected chi connectivity index (χ1v) is 8.04. The minimum atomic E-state index is -1.20. The molecule has 8 heteroatoms. The van der Waals surface area contributed by atoms with E-state index >= 15 is 0 Å². The van der Waals surface area contributed by atoms with E-state index in [0.29, 0.717) is 0 Å². The molecule has 1 heterocycles. The van der Waals surface area contributed by atoms with Crippen LogP contribution in [0.25, 0.3) is 0 Å². The van der Waals surface area contributed by atoms with Crippen LogP contribution in [0.4, 0.5) is 4.79 Å². The molecule has 134 valence electrons. The molecule has 8 nitrogen and oxygen atoms in total. The summed E-state index contributed by atoms with van der Waals surface area (Å²) in [6, 6.07) is 7.19. The number of morpholine rings is 1. The number of ether oxygens (including phenoxy) is 3. The average molecular weight is 349 g/mol. The molecular formula is C17H19NO7. The van der Waals surface area contributed by atoms with Crippen molar-refractivity contribution in [2.24, 2.45) is 5.92 Å². The lowest BCUT2D eigenvalue weighted by molar-refractivity contribution is -0.148. The Hall–Kier alpha value is -2.61. The summed E-state index contributed by atoms with van der Waals surface area (Å²) in [5.41, 5.74) is 0.783. The fourth-order valence-corrected chi connectivity index (χ4v) is 3.04. The highest BCUT2D eigenvalue weighted by molar-refractivity contribution is 5.85. The third-order valence-electron chi connectivity index (χ3n) is 4.28. The number of carbonyl (C=O) groups is 3. The second-order valence-electron chi connectivity index (χ2n) is 5.87. The van der Waals surface area contributed by atoms with Crippen molar-refractivity contribution < 1.29 is 33.7 Å². The maximum absolute atomic E-state index is 12.5. The molecule has 1 aromatic rings. The molecule has 0 radical (unpaired) electrons. The van der Waals surface area contributed by atoms with Crippen LogP contribution < -0.4 is 0 Å². The van der Waals surface area contributed by atoms with Crippen LogP contribution in [0.15, 0.2) is 30.3 Å². The van der Waals surface area contributed by atoms with E-state index in [1.807, 2.05) is 18.2 Å². The van der Waals surface area contributed by atoms with E-state index in [1.165, 1.54) is 0 Å². The second kappa shape index (κ2) is 7.10. The number of amides is 1. The van der Waals surface area contributed by atoms with E-state index in [-0.39, 0.29) is 19.8 Å². The number of carboxylic acids is 1. The number of aliphatic carboxylic acids is 1. The normalized spacial score (nSPS) is 27.2. The van der Waals surface area contributed by atoms with Gasteiger partial charge in [-0.2, -0.15) is 0 Å². The summed E-state index contributed by atoms with van der Waals surface area (Å²) in [6.45, 7) is 1.71. The summed E-state index contributed by atoms with van der Waals surface area (Å²) in [5.74, 6) is -2.37. The van der Waals surface area contributed by atoms with Gasteiger partial charge >= 0.3 is 18.0 Å². The Labute approximate surface area is 144 Å². The number of fused-ring (bicyclic) bond motifs is 1. The fourth-order valence-electron chi connectivity index (χ4n) is 3.04. The van der Waals surface area contributed by atoms with Crippen molar-refractivity contribution in [3.8, 4) is 0 Å². The number of carbonyl (C=O) groups excluding carboxylic acids is 2. The number of carboxylic acid groups (broad SMARTS) is 1. The number of rotatable bonds is 5. The highest BCUT2D eigenvalue weighted by atomic mass is 16.6. The van der Waals surface area contributed by atoms with Crippen molar-refractivity contribution >= 4 is 18.0 Å². The molecule has 1 N–H and O–H groups in total. The standard InChI is InChI=1S/C17H19NO7/c1-2-23-16(21)12-13-14(12)24-9-11(15(19)20)18(13)17(22)25-8-10-6-4-3-5-7-10/h3-7,11-14H,2,8-9H2,1H3,(H,19,20)/t11-,12-,13-,14+/m0/s1. The Balaban J connectivity index is 1.71. The minimum Gasteiger partial charge on any atom is -0.480 e. The molecule has 0 bridgehead atoms. The smallest absolute Gasteiger partial charge is 0.411 e. The molecule has 1 amide bonds. The summed E-state index contributed by atoms with van der Waals surface area (Å²) in [5, 5.41) is 9.36. The van der Waals surface area contributed by atoms with Gasteiger partial charge in [-0.05, 0) is 12.5 Å². The quantitative estimate of drug-likeness (QED) is 0.792. The van der Waals surface area contributed by atoms with Crippen LogP contribution in [0.3, 0.4) is 0 Å². The third kappa shape index (κ3) is 3.43. The molecule has 2 fully saturated rings. The Bertz CT molecular complexity index is 662. The van der Waals surface area contributed by atoms with Crippen LogP contribution in [0.1, 0.15) is 12.5 Å². The first kappa shape index (κ1) is 17.2. The molecule has 4 atom stereocenters. The molecule has 0 aromatic heterocycles. The zero-order valence-electron chi connectivity index (χ0n) is 13.7. The lowest BCUT2D eigenvalue weighted by Crippen LogP contribution is -2.53. The van der Waals surface area contributed by atoms with Gasteiger partial charge in [0.15, 0.2) is 6.04 Å². The lowest BCUT2D eigenvalue weighted by atomic mass is 10.2. The van der Waals surface area contributed by atoms with Crippen molar-refractivity contribution in [2.75, 3.05) is 13.2 Å². The van der Waals surface area contributed by atoms with Gasteiger partial charge < -0.3 is 19.3 Å². The van der Waals surface area contributed by atoms with Gasteiger partial charge in [0, 0.05) is 0 Å². The number of nitrogens with zero attached hydrogens (tertiary/aromatic N) is 1. The Kier molecular flexibility index (Phi) is 4.89. The van der Waals surface area contributed by atoms with E-state index in [9.17, 15) is 19.5 Å². The number of hydrogen-bond donors (Lipinski definition) is 1. The molecular weight excluding hydrogens is 330 g/mol. The third-order valence-corrected chi connectivity index (χ3v) is 4.28. The number of hydrogen-bond acceptors (Lipinski definition) is 6. The zero-order chi connectivity index (χ0) is 18.0. The minimum absolute atomic E-state index is 0.0187. The zero-order valence-corrected chi connectivity index (χ0v) is 13.7. The average Bonchev–Trinajstić information content (AvgIpc) is 3.34. The number of benzene rings is 1. The van der Waals surface area contributed by atoms with Crippen LogP contribution >= 0.6 is 0 Å². The Morgan fingerprint density at radius 3 is 2.60 bits per heavy atom. The molecule has 1 aliphatic heterocycles. The highest BCUT2D eigenvalue weighted by Gasteiger charge is 2.66. The van der Waals surface area contributed by atoms with Gasteiger partial charge in [-0.3, -0.25) is 9.69 Å². The largest absolute Gasteiger partial charge is 0.480 e. The summed E-state index contributed by atoms with van der Waals surface area (Å²) < 4.78 is 15.6. The molecule has 25 heavy (non-hydrogen) atoms. The highest BCUT2D eigenvalue weighted by Crippen LogP contribution is 2.44. The lowest BCUT2D eigenvalue weighted by Gasteiger charge is -2.31. The van der Waals surface area contributed by atoms with Gasteiger partial charge in [0.2, 0.25) is 0 Å². The maximum Gasteiger partial charge on any atom is 0.411 e. The molecule has 3 rings (SSSR count). The number of esters is 1. The summed E-state index contributed by atoms with van der Waals surface area (Å²) in [6.07, 6.45) is -1.32. The van der Waals surface area contributed by atoms with Crippen molar-refractivity contribution in [3.05, 3.63) is 35.9 Å². The Morgan fingerprint density at radius 1 is 1.24 bits per heavy atom. The summed E-state index contributed by atoms with van der Waals surface area (Å²) in [4.78, 5) is 37.0. The molecule has 1 saturated heterocycles. The predicted molar refractivity (Wildman–Crippen MR) is 83.5 cm³/mol. The second-order valence-corrected chi connectivity index (χ2v) is 5.87. The van der Waals surface area contributed by atoms with Gasteiger partial charge in [0.25, 0.3) is 0 Å². The Morgan fingerprint density at radius 2 is 1.96 bits per heavy atom. The SMILES string of the molecule is CCOC(=O)[C@@H]1[C@H]2OC[C@@H](C(=O)O)N(C(=O)OCc3ccccc3)[C@H]21. The first-order valence-electron chi connectivity index (χ1n) is 8.04. The van der Waals surface area contributed by atoms with Crippen LogP contribution in [0, 0.1) is 5.92 Å². The molecule has 1 aliphatic carbocycles. The topological polar surface area (TPSA) is 102 Å². The molecule has 0 spiro atoms. The van der Waals surface area contributed by atoms with Crippen molar-refractivity contribution in [2.45, 2.75) is 31.7 Å². The molecule has 1 saturated carbocycles. The van der Waals surface area contributed by atoms with Crippen LogP contribution in [0.2, 0.25) is 0 Å². The van der Waals surface area contributed by atoms with Crippen molar-refractivity contribution in [3.63, 3.8) is 0 Å².